The number of rotatable bonds is 3. The third-order valence-electron chi connectivity index (χ3n) is 4.66. The summed E-state index contributed by atoms with van der Waals surface area (Å²) < 4.78 is 31.3. The molecule has 1 aliphatic carbocycles. The first-order chi connectivity index (χ1) is 10.9. The van der Waals surface area contributed by atoms with E-state index in [0.717, 1.165) is 0 Å². The van der Waals surface area contributed by atoms with E-state index in [9.17, 15) is 13.4 Å². The van der Waals surface area contributed by atoms with Crippen LogP contribution in [-0.2, 0) is 15.5 Å². The average Bonchev–Trinajstić information content (AvgIpc) is 2.91. The lowest BCUT2D eigenvalue weighted by atomic mass is 9.89. The molecule has 0 aromatic heterocycles. The average molecular weight is 343 g/mol. The number of nitrogens with zero attached hydrogens (tertiary/aromatic N) is 2. The van der Waals surface area contributed by atoms with Gasteiger partial charge in [0, 0.05) is 41.9 Å². The highest BCUT2D eigenvalue weighted by molar-refractivity contribution is 7.85. The van der Waals surface area contributed by atoms with E-state index in [4.69, 9.17) is 10.5 Å². The third-order valence-corrected chi connectivity index (χ3v) is 5.94. The van der Waals surface area contributed by atoms with Crippen LogP contribution in [0.4, 0.5) is 9.18 Å². The second-order valence-electron chi connectivity index (χ2n) is 6.33. The topological polar surface area (TPSA) is 75.9 Å². The Bertz CT molecular complexity index is 585. The second kappa shape index (κ2) is 6.24. The maximum atomic E-state index is 14.7. The molecule has 6 nitrogen and oxygen atoms in total. The van der Waals surface area contributed by atoms with Crippen molar-refractivity contribution in [1.29, 1.82) is 0 Å². The van der Waals surface area contributed by atoms with Gasteiger partial charge in [-0.15, -0.1) is 0 Å². The third kappa shape index (κ3) is 3.14. The number of nitrogens with two attached hydrogens (primary N) is 1. The summed E-state index contributed by atoms with van der Waals surface area (Å²) in [6, 6.07) is 0. The molecule has 2 fully saturated rings. The van der Waals surface area contributed by atoms with Gasteiger partial charge in [-0.1, -0.05) is 6.08 Å². The van der Waals surface area contributed by atoms with Gasteiger partial charge in [-0.3, -0.25) is 9.11 Å². The first-order valence-corrected chi connectivity index (χ1v) is 9.29. The molecule has 0 spiro atoms. The Morgan fingerprint density at radius 1 is 1.48 bits per heavy atom. The SMILES string of the molecule is CC1(N2C[C@H](CN)OC2=O)C=C(F)C(N2CCS(=O)CC2)=CC1. The van der Waals surface area contributed by atoms with Crippen LogP contribution in [0.15, 0.2) is 23.7 Å². The summed E-state index contributed by atoms with van der Waals surface area (Å²) >= 11 is 0. The minimum atomic E-state index is -0.796. The van der Waals surface area contributed by atoms with Crippen LogP contribution < -0.4 is 5.73 Å². The Kier molecular flexibility index (Phi) is 4.46. The second-order valence-corrected chi connectivity index (χ2v) is 8.03. The molecule has 0 aromatic rings. The molecular formula is C15H22FN3O3S. The van der Waals surface area contributed by atoms with Crippen molar-refractivity contribution in [3.63, 3.8) is 0 Å². The van der Waals surface area contributed by atoms with Crippen molar-refractivity contribution in [2.45, 2.75) is 25.0 Å². The maximum Gasteiger partial charge on any atom is 0.410 e. The lowest BCUT2D eigenvalue weighted by molar-refractivity contribution is 0.122. The van der Waals surface area contributed by atoms with E-state index < -0.39 is 22.4 Å². The van der Waals surface area contributed by atoms with Gasteiger partial charge in [0.15, 0.2) is 0 Å². The van der Waals surface area contributed by atoms with Gasteiger partial charge in [-0.05, 0) is 19.4 Å². The number of hydrogen-bond acceptors (Lipinski definition) is 5. The van der Waals surface area contributed by atoms with Crippen LogP contribution in [0, 0.1) is 0 Å². The minimum absolute atomic E-state index is 0.260. The van der Waals surface area contributed by atoms with Crippen molar-refractivity contribution in [2.75, 3.05) is 37.7 Å². The number of amides is 1. The van der Waals surface area contributed by atoms with Gasteiger partial charge in [0.25, 0.3) is 0 Å². The predicted molar refractivity (Wildman–Crippen MR) is 85.8 cm³/mol. The fourth-order valence-electron chi connectivity index (χ4n) is 3.22. The molecule has 8 heteroatoms. The highest BCUT2D eigenvalue weighted by Crippen LogP contribution is 2.35. The largest absolute Gasteiger partial charge is 0.443 e. The van der Waals surface area contributed by atoms with E-state index in [-0.39, 0.29) is 18.5 Å². The molecule has 23 heavy (non-hydrogen) atoms. The fraction of sp³-hybridized carbons (Fsp3) is 0.667. The van der Waals surface area contributed by atoms with E-state index in [0.29, 0.717) is 43.3 Å². The summed E-state index contributed by atoms with van der Waals surface area (Å²) in [5, 5.41) is 0. The van der Waals surface area contributed by atoms with E-state index in [1.165, 1.54) is 6.08 Å². The predicted octanol–water partition coefficient (Wildman–Crippen LogP) is 0.730. The first kappa shape index (κ1) is 16.4. The molecule has 1 unspecified atom stereocenters. The van der Waals surface area contributed by atoms with Gasteiger partial charge < -0.3 is 15.4 Å². The number of cyclic esters (lactones) is 1. The van der Waals surface area contributed by atoms with Crippen LogP contribution in [0.5, 0.6) is 0 Å². The van der Waals surface area contributed by atoms with E-state index in [1.807, 2.05) is 17.9 Å². The van der Waals surface area contributed by atoms with E-state index >= 15 is 0 Å². The smallest absolute Gasteiger partial charge is 0.410 e. The molecule has 2 atom stereocenters. The van der Waals surface area contributed by atoms with Crippen molar-refractivity contribution >= 4 is 16.9 Å². The molecule has 2 N–H and O–H groups in total. The van der Waals surface area contributed by atoms with Crippen molar-refractivity contribution in [2.24, 2.45) is 5.73 Å². The normalized spacial score (nSPS) is 32.7. The Morgan fingerprint density at radius 3 is 2.74 bits per heavy atom. The van der Waals surface area contributed by atoms with Crippen LogP contribution in [0.25, 0.3) is 0 Å². The summed E-state index contributed by atoms with van der Waals surface area (Å²) in [7, 11) is -0.796. The lowest BCUT2D eigenvalue weighted by Crippen LogP contribution is -2.48. The summed E-state index contributed by atoms with van der Waals surface area (Å²) in [6.07, 6.45) is 3.05. The van der Waals surface area contributed by atoms with E-state index in [2.05, 4.69) is 0 Å². The molecule has 1 amide bonds. The van der Waals surface area contributed by atoms with Gasteiger partial charge in [-0.25, -0.2) is 9.18 Å². The van der Waals surface area contributed by atoms with Gasteiger partial charge >= 0.3 is 6.09 Å². The van der Waals surface area contributed by atoms with Crippen LogP contribution in [0.1, 0.15) is 13.3 Å². The Morgan fingerprint density at radius 2 is 2.17 bits per heavy atom. The first-order valence-electron chi connectivity index (χ1n) is 7.80. The number of ether oxygens (including phenoxy) is 1. The number of hydrogen-bond donors (Lipinski definition) is 1. The molecule has 0 saturated carbocycles. The molecule has 3 rings (SSSR count). The van der Waals surface area contributed by atoms with Crippen molar-refractivity contribution in [1.82, 2.24) is 9.80 Å². The minimum Gasteiger partial charge on any atom is -0.443 e. The van der Waals surface area contributed by atoms with E-state index in [1.54, 1.807) is 4.90 Å². The molecule has 2 saturated heterocycles. The monoisotopic (exact) mass is 343 g/mol. The number of carbonyl (C=O) groups is 1. The summed E-state index contributed by atoms with van der Waals surface area (Å²) in [6.45, 7) is 3.65. The zero-order valence-corrected chi connectivity index (χ0v) is 14.0. The number of allylic oxidation sites excluding steroid dienone is 1. The van der Waals surface area contributed by atoms with Crippen LogP contribution in [-0.4, -0.2) is 69.4 Å². The summed E-state index contributed by atoms with van der Waals surface area (Å²) in [5.41, 5.74) is 5.35. The van der Waals surface area contributed by atoms with Crippen LogP contribution >= 0.6 is 0 Å². The van der Waals surface area contributed by atoms with Gasteiger partial charge in [-0.2, -0.15) is 0 Å². The zero-order chi connectivity index (χ0) is 16.6. The number of halogens is 1. The molecule has 0 radical (unpaired) electrons. The molecule has 0 aromatic carbocycles. The van der Waals surface area contributed by atoms with Crippen molar-refractivity contribution < 1.29 is 18.1 Å². The van der Waals surface area contributed by atoms with Crippen molar-refractivity contribution in [3.8, 4) is 0 Å². The highest BCUT2D eigenvalue weighted by Gasteiger charge is 2.43. The van der Waals surface area contributed by atoms with Gasteiger partial charge in [0.05, 0.1) is 17.8 Å². The molecule has 2 aliphatic heterocycles. The molecule has 128 valence electrons. The molecule has 0 bridgehead atoms. The fourth-order valence-corrected chi connectivity index (χ4v) is 4.27. The van der Waals surface area contributed by atoms with Gasteiger partial charge in [0.1, 0.15) is 11.9 Å². The lowest BCUT2D eigenvalue weighted by Gasteiger charge is -2.39. The highest BCUT2D eigenvalue weighted by atomic mass is 32.2. The zero-order valence-electron chi connectivity index (χ0n) is 13.2. The summed E-state index contributed by atoms with van der Waals surface area (Å²) in [4.78, 5) is 15.5. The Balaban J connectivity index is 1.74. The standard InChI is InChI=1S/C15H22FN3O3S/c1-15(19-10-11(9-17)22-14(19)20)3-2-13(12(16)8-15)18-4-6-23(21)7-5-18/h2,8,11H,3-7,9-10,17H2,1H3/t11-,15?/m0/s1. The number of carbonyl (C=O) groups excluding carboxylic acids is 1. The van der Waals surface area contributed by atoms with Crippen molar-refractivity contribution in [3.05, 3.63) is 23.7 Å². The maximum absolute atomic E-state index is 14.7. The van der Waals surface area contributed by atoms with Gasteiger partial charge in [0.2, 0.25) is 0 Å². The Hall–Kier alpha value is -1.41. The molecule has 2 heterocycles. The van der Waals surface area contributed by atoms with Crippen LogP contribution in [0.3, 0.4) is 0 Å². The summed E-state index contributed by atoms with van der Waals surface area (Å²) in [5.74, 6) is 0.798. The molecular weight excluding hydrogens is 321 g/mol. The Labute approximate surface area is 137 Å². The molecule has 3 aliphatic rings. The quantitative estimate of drug-likeness (QED) is 0.818. The van der Waals surface area contributed by atoms with Crippen LogP contribution in [0.2, 0.25) is 0 Å².